The van der Waals surface area contributed by atoms with Gasteiger partial charge in [0.15, 0.2) is 0 Å². The SMILES string of the molecule is Cc1nnc2nc(NCc3cc(N)cc(C(F)(F)F)c3)c3c(n12)CN(C(=O)OC(C)(C)C)C3. The number of nitrogen functional groups attached to an aromatic ring is 1. The normalized spacial score (nSPS) is 14.0. The number of carbonyl (C=O) groups is 1. The zero-order valence-corrected chi connectivity index (χ0v) is 18.6. The van der Waals surface area contributed by atoms with E-state index in [1.165, 1.54) is 11.0 Å². The summed E-state index contributed by atoms with van der Waals surface area (Å²) in [4.78, 5) is 18.7. The summed E-state index contributed by atoms with van der Waals surface area (Å²) in [5.74, 6) is 1.34. The number of fused-ring (bicyclic) bond motifs is 3. The van der Waals surface area contributed by atoms with Crippen molar-refractivity contribution in [3.8, 4) is 0 Å². The molecule has 0 spiro atoms. The average molecular weight is 463 g/mol. The second-order valence-electron chi connectivity index (χ2n) is 8.92. The van der Waals surface area contributed by atoms with Crippen LogP contribution in [0.3, 0.4) is 0 Å². The van der Waals surface area contributed by atoms with E-state index in [4.69, 9.17) is 10.5 Å². The van der Waals surface area contributed by atoms with Crippen molar-refractivity contribution in [1.82, 2.24) is 24.5 Å². The number of carbonyl (C=O) groups excluding carboxylic acids is 1. The Labute approximate surface area is 187 Å². The lowest BCUT2D eigenvalue weighted by Gasteiger charge is -2.24. The largest absolute Gasteiger partial charge is 0.444 e. The zero-order chi connectivity index (χ0) is 24.1. The van der Waals surface area contributed by atoms with E-state index in [-0.39, 0.29) is 25.3 Å². The molecule has 33 heavy (non-hydrogen) atoms. The van der Waals surface area contributed by atoms with Crippen molar-refractivity contribution < 1.29 is 22.7 Å². The molecule has 9 nitrogen and oxygen atoms in total. The van der Waals surface area contributed by atoms with E-state index < -0.39 is 23.4 Å². The third kappa shape index (κ3) is 4.64. The van der Waals surface area contributed by atoms with E-state index in [0.717, 1.165) is 23.4 Å². The maximum absolute atomic E-state index is 13.1. The highest BCUT2D eigenvalue weighted by molar-refractivity contribution is 5.70. The Bertz CT molecular complexity index is 1230. The quantitative estimate of drug-likeness (QED) is 0.567. The van der Waals surface area contributed by atoms with E-state index in [2.05, 4.69) is 20.5 Å². The number of hydrogen-bond acceptors (Lipinski definition) is 7. The summed E-state index contributed by atoms with van der Waals surface area (Å²) in [6.07, 6.45) is -4.98. The Morgan fingerprint density at radius 2 is 1.91 bits per heavy atom. The third-order valence-electron chi connectivity index (χ3n) is 5.07. The highest BCUT2D eigenvalue weighted by Gasteiger charge is 2.33. The molecule has 1 amide bonds. The first-order valence-corrected chi connectivity index (χ1v) is 10.2. The smallest absolute Gasteiger partial charge is 0.416 e. The van der Waals surface area contributed by atoms with E-state index in [0.29, 0.717) is 23.0 Å². The van der Waals surface area contributed by atoms with Gasteiger partial charge in [0.25, 0.3) is 5.78 Å². The molecular weight excluding hydrogens is 439 g/mol. The molecule has 1 aromatic carbocycles. The standard InChI is InChI=1S/C21H24F3N7O2/c1-11-28-29-18-27-17(26-8-12-5-13(21(22,23)24)7-14(25)6-12)15-9-30(10-16(15)31(11)18)19(32)33-20(2,3)4/h5-7H,8-10,25H2,1-4H3,(H,26,27,29). The van der Waals surface area contributed by atoms with Crippen molar-refractivity contribution >= 4 is 23.4 Å². The van der Waals surface area contributed by atoms with Gasteiger partial charge in [-0.25, -0.2) is 4.79 Å². The number of ether oxygens (including phenoxy) is 1. The van der Waals surface area contributed by atoms with Gasteiger partial charge in [0, 0.05) is 17.8 Å². The number of aromatic nitrogens is 4. The van der Waals surface area contributed by atoms with Gasteiger partial charge >= 0.3 is 12.3 Å². The molecular formula is C21H24F3N7O2. The molecule has 1 aliphatic heterocycles. The summed E-state index contributed by atoms with van der Waals surface area (Å²) in [6, 6.07) is 3.40. The third-order valence-corrected chi connectivity index (χ3v) is 5.07. The first-order valence-electron chi connectivity index (χ1n) is 10.2. The summed E-state index contributed by atoms with van der Waals surface area (Å²) < 4.78 is 46.7. The van der Waals surface area contributed by atoms with Crippen molar-refractivity contribution in [3.05, 3.63) is 46.4 Å². The number of benzene rings is 1. The molecule has 2 aromatic heterocycles. The Morgan fingerprint density at radius 3 is 2.58 bits per heavy atom. The number of nitrogens with one attached hydrogen (secondary N) is 1. The van der Waals surface area contributed by atoms with Gasteiger partial charge in [0.1, 0.15) is 17.2 Å². The highest BCUT2D eigenvalue weighted by Crippen LogP contribution is 2.33. The molecule has 3 heterocycles. The molecule has 0 atom stereocenters. The number of halogens is 3. The number of nitrogens with two attached hydrogens (primary N) is 1. The molecule has 176 valence electrons. The summed E-state index contributed by atoms with van der Waals surface area (Å²) >= 11 is 0. The Balaban J connectivity index is 1.65. The highest BCUT2D eigenvalue weighted by atomic mass is 19.4. The van der Waals surface area contributed by atoms with Crippen LogP contribution in [0.5, 0.6) is 0 Å². The summed E-state index contributed by atoms with van der Waals surface area (Å²) in [6.45, 7) is 7.65. The van der Waals surface area contributed by atoms with Gasteiger partial charge in [-0.05, 0) is 51.5 Å². The fourth-order valence-electron chi connectivity index (χ4n) is 3.71. The molecule has 0 saturated carbocycles. The van der Waals surface area contributed by atoms with Crippen LogP contribution >= 0.6 is 0 Å². The van der Waals surface area contributed by atoms with E-state index >= 15 is 0 Å². The lowest BCUT2D eigenvalue weighted by Crippen LogP contribution is -2.33. The van der Waals surface area contributed by atoms with Gasteiger partial charge < -0.3 is 15.8 Å². The fraction of sp³-hybridized carbons (Fsp3) is 0.429. The molecule has 12 heteroatoms. The van der Waals surface area contributed by atoms with Gasteiger partial charge in [0.05, 0.1) is 24.3 Å². The topological polar surface area (TPSA) is 111 Å². The maximum Gasteiger partial charge on any atom is 0.416 e. The first kappa shape index (κ1) is 22.6. The van der Waals surface area contributed by atoms with Crippen LogP contribution in [0, 0.1) is 6.92 Å². The summed E-state index contributed by atoms with van der Waals surface area (Å²) in [7, 11) is 0. The van der Waals surface area contributed by atoms with Crippen LogP contribution < -0.4 is 11.1 Å². The van der Waals surface area contributed by atoms with Crippen LogP contribution in [-0.2, 0) is 30.5 Å². The van der Waals surface area contributed by atoms with Crippen molar-refractivity contribution in [1.29, 1.82) is 0 Å². The predicted molar refractivity (Wildman–Crippen MR) is 114 cm³/mol. The molecule has 0 saturated heterocycles. The average Bonchev–Trinajstić information content (AvgIpc) is 3.27. The minimum absolute atomic E-state index is 0.0134. The van der Waals surface area contributed by atoms with Gasteiger partial charge in [-0.2, -0.15) is 18.2 Å². The number of anilines is 2. The number of hydrogen-bond donors (Lipinski definition) is 2. The van der Waals surface area contributed by atoms with Crippen molar-refractivity contribution in [2.75, 3.05) is 11.1 Å². The molecule has 4 rings (SSSR count). The molecule has 0 unspecified atom stereocenters. The Kier molecular flexibility index (Phi) is 5.33. The number of nitrogens with zero attached hydrogens (tertiary/aromatic N) is 5. The fourth-order valence-corrected chi connectivity index (χ4v) is 3.71. The number of alkyl halides is 3. The van der Waals surface area contributed by atoms with Crippen molar-refractivity contribution in [2.24, 2.45) is 0 Å². The van der Waals surface area contributed by atoms with Gasteiger partial charge in [-0.3, -0.25) is 9.30 Å². The molecule has 3 aromatic rings. The predicted octanol–water partition coefficient (Wildman–Crippen LogP) is 3.90. The maximum atomic E-state index is 13.1. The van der Waals surface area contributed by atoms with E-state index in [1.807, 2.05) is 0 Å². The lowest BCUT2D eigenvalue weighted by molar-refractivity contribution is -0.137. The molecule has 0 fully saturated rings. The number of rotatable bonds is 3. The second kappa shape index (κ2) is 7.78. The van der Waals surface area contributed by atoms with Crippen LogP contribution in [0.4, 0.5) is 29.5 Å². The lowest BCUT2D eigenvalue weighted by atomic mass is 10.1. The Morgan fingerprint density at radius 1 is 1.18 bits per heavy atom. The van der Waals surface area contributed by atoms with Crippen LogP contribution in [0.25, 0.3) is 5.78 Å². The number of amides is 1. The summed E-state index contributed by atoms with van der Waals surface area (Å²) in [5, 5.41) is 11.2. The number of aryl methyl sites for hydroxylation is 1. The van der Waals surface area contributed by atoms with Crippen LogP contribution in [-0.4, -0.2) is 36.2 Å². The van der Waals surface area contributed by atoms with Crippen LogP contribution in [0.15, 0.2) is 18.2 Å². The van der Waals surface area contributed by atoms with Crippen LogP contribution in [0.1, 0.15) is 49.0 Å². The Hall–Kier alpha value is -3.57. The van der Waals surface area contributed by atoms with Crippen LogP contribution in [0.2, 0.25) is 0 Å². The zero-order valence-electron chi connectivity index (χ0n) is 18.6. The molecule has 0 aliphatic carbocycles. The van der Waals surface area contributed by atoms with E-state index in [9.17, 15) is 18.0 Å². The molecule has 0 radical (unpaired) electrons. The monoisotopic (exact) mass is 463 g/mol. The first-order chi connectivity index (χ1) is 15.3. The molecule has 1 aliphatic rings. The van der Waals surface area contributed by atoms with Crippen molar-refractivity contribution in [3.63, 3.8) is 0 Å². The minimum Gasteiger partial charge on any atom is -0.444 e. The second-order valence-corrected chi connectivity index (χ2v) is 8.92. The molecule has 3 N–H and O–H groups in total. The van der Waals surface area contributed by atoms with Crippen molar-refractivity contribution in [2.45, 2.75) is 59.1 Å². The van der Waals surface area contributed by atoms with E-state index in [1.54, 1.807) is 32.1 Å². The minimum atomic E-state index is -4.50. The van der Waals surface area contributed by atoms with Gasteiger partial charge in [-0.1, -0.05) is 0 Å². The molecule has 0 bridgehead atoms. The van der Waals surface area contributed by atoms with Gasteiger partial charge in [0.2, 0.25) is 0 Å². The van der Waals surface area contributed by atoms with Gasteiger partial charge in [-0.15, -0.1) is 10.2 Å². The summed E-state index contributed by atoms with van der Waals surface area (Å²) in [5.41, 5.74) is 6.03.